The van der Waals surface area contributed by atoms with E-state index in [1.165, 1.54) is 0 Å². The van der Waals surface area contributed by atoms with Crippen molar-refractivity contribution in [3.8, 4) is 5.75 Å². The van der Waals surface area contributed by atoms with E-state index >= 15 is 0 Å². The number of nitrogens with one attached hydrogen (secondary N) is 3. The van der Waals surface area contributed by atoms with E-state index in [1.54, 1.807) is 43.7 Å². The van der Waals surface area contributed by atoms with Crippen LogP contribution in [0, 0.1) is 6.92 Å². The van der Waals surface area contributed by atoms with E-state index in [0.29, 0.717) is 23.3 Å². The lowest BCUT2D eigenvalue weighted by molar-refractivity contribution is 0.0825. The van der Waals surface area contributed by atoms with Gasteiger partial charge in [0.2, 0.25) is 0 Å². The molecule has 0 bridgehead atoms. The largest absolute Gasteiger partial charge is 0.497 e. The zero-order valence-electron chi connectivity index (χ0n) is 24.5. The Kier molecular flexibility index (Phi) is 10.5. The van der Waals surface area contributed by atoms with Gasteiger partial charge in [-0.25, -0.2) is 0 Å². The van der Waals surface area contributed by atoms with Gasteiger partial charge in [0.25, 0.3) is 11.8 Å². The maximum Gasteiger partial charge on any atom is 0.251 e. The summed E-state index contributed by atoms with van der Waals surface area (Å²) in [5.74, 6) is 0.742. The van der Waals surface area contributed by atoms with Crippen LogP contribution >= 0.6 is 0 Å². The lowest BCUT2D eigenvalue weighted by Crippen LogP contribution is -2.49. The van der Waals surface area contributed by atoms with Gasteiger partial charge in [-0.2, -0.15) is 0 Å². The van der Waals surface area contributed by atoms with Crippen molar-refractivity contribution in [1.29, 1.82) is 0 Å². The Hall–Kier alpha value is -4.40. The average Bonchev–Trinajstić information content (AvgIpc) is 3.55. The molecule has 8 heteroatoms. The number of aliphatic hydroxyl groups is 1. The standard InChI is InChI=1S/C34H39N3O5/c1-22-17-27(33(39)36-24(3)32-11-8-16-42-32)20-28(18-22)34(40)37-30(19-25-9-6-5-7-10-25)31(38)21-35-23(2)26-12-14-29(41-4)15-13-26/h5-18,20,23-24,30-31,35,38H,19,21H2,1-4H3,(H,36,39)(H,37,40)/t23-,24?,30+,31-/m1/s1. The molecule has 1 heterocycles. The zero-order chi connectivity index (χ0) is 30.1. The van der Waals surface area contributed by atoms with E-state index in [2.05, 4.69) is 16.0 Å². The molecule has 0 aliphatic carbocycles. The molecule has 0 saturated carbocycles. The molecule has 0 spiro atoms. The van der Waals surface area contributed by atoms with Crippen LogP contribution in [-0.2, 0) is 6.42 Å². The summed E-state index contributed by atoms with van der Waals surface area (Å²) in [4.78, 5) is 26.5. The first-order valence-electron chi connectivity index (χ1n) is 14.1. The molecule has 4 rings (SSSR count). The van der Waals surface area contributed by atoms with Crippen LogP contribution in [0.3, 0.4) is 0 Å². The lowest BCUT2D eigenvalue weighted by atomic mass is 9.99. The number of benzene rings is 3. The minimum absolute atomic E-state index is 0.0277. The number of furan rings is 1. The maximum absolute atomic E-state index is 13.5. The maximum atomic E-state index is 13.5. The molecule has 0 aliphatic heterocycles. The Bertz CT molecular complexity index is 1440. The molecule has 0 radical (unpaired) electrons. The summed E-state index contributed by atoms with van der Waals surface area (Å²) in [6.07, 6.45) is 1.12. The van der Waals surface area contributed by atoms with Crippen LogP contribution in [0.25, 0.3) is 0 Å². The third-order valence-electron chi connectivity index (χ3n) is 7.25. The molecule has 8 nitrogen and oxygen atoms in total. The monoisotopic (exact) mass is 569 g/mol. The number of amides is 2. The summed E-state index contributed by atoms with van der Waals surface area (Å²) in [5, 5.41) is 20.6. The average molecular weight is 570 g/mol. The van der Waals surface area contributed by atoms with Crippen molar-refractivity contribution in [2.45, 2.75) is 51.4 Å². The predicted octanol–water partition coefficient (Wildman–Crippen LogP) is 5.14. The Morgan fingerprint density at radius 2 is 1.52 bits per heavy atom. The summed E-state index contributed by atoms with van der Waals surface area (Å²) in [6, 6.07) is 25.2. The first-order chi connectivity index (χ1) is 20.2. The first kappa shape index (κ1) is 30.6. The highest BCUT2D eigenvalue weighted by Gasteiger charge is 2.24. The quantitative estimate of drug-likeness (QED) is 0.177. The highest BCUT2D eigenvalue weighted by atomic mass is 16.5. The van der Waals surface area contributed by atoms with Crippen molar-refractivity contribution in [1.82, 2.24) is 16.0 Å². The van der Waals surface area contributed by atoms with Crippen LogP contribution in [0.15, 0.2) is 95.6 Å². The van der Waals surface area contributed by atoms with E-state index < -0.39 is 12.1 Å². The number of hydrogen-bond acceptors (Lipinski definition) is 6. The van der Waals surface area contributed by atoms with Gasteiger partial charge in [-0.1, -0.05) is 42.5 Å². The van der Waals surface area contributed by atoms with Crippen molar-refractivity contribution in [2.75, 3.05) is 13.7 Å². The van der Waals surface area contributed by atoms with Gasteiger partial charge in [0.15, 0.2) is 0 Å². The molecule has 42 heavy (non-hydrogen) atoms. The molecule has 220 valence electrons. The fourth-order valence-corrected chi connectivity index (χ4v) is 4.79. The van der Waals surface area contributed by atoms with Crippen LogP contribution in [0.4, 0.5) is 0 Å². The molecule has 0 aliphatic rings. The van der Waals surface area contributed by atoms with Gasteiger partial charge >= 0.3 is 0 Å². The van der Waals surface area contributed by atoms with Crippen molar-refractivity contribution in [3.63, 3.8) is 0 Å². The second-order valence-corrected chi connectivity index (χ2v) is 10.5. The van der Waals surface area contributed by atoms with Crippen molar-refractivity contribution in [2.24, 2.45) is 0 Å². The Labute approximate surface area is 247 Å². The SMILES string of the molecule is COc1ccc([C@@H](C)NC[C@@H](O)[C@H](Cc2ccccc2)NC(=O)c2cc(C)cc(C(=O)NC(C)c3ccco3)c2)cc1. The van der Waals surface area contributed by atoms with E-state index in [4.69, 9.17) is 9.15 Å². The summed E-state index contributed by atoms with van der Waals surface area (Å²) < 4.78 is 10.6. The lowest BCUT2D eigenvalue weighted by Gasteiger charge is -2.26. The number of carbonyl (C=O) groups excluding carboxylic acids is 2. The summed E-state index contributed by atoms with van der Waals surface area (Å²) in [7, 11) is 1.63. The summed E-state index contributed by atoms with van der Waals surface area (Å²) >= 11 is 0. The number of ether oxygens (including phenoxy) is 1. The third-order valence-corrected chi connectivity index (χ3v) is 7.25. The van der Waals surface area contributed by atoms with Gasteiger partial charge in [0.1, 0.15) is 11.5 Å². The second kappa shape index (κ2) is 14.5. The van der Waals surface area contributed by atoms with Crippen LogP contribution in [0.5, 0.6) is 5.75 Å². The molecule has 4 aromatic rings. The number of aliphatic hydroxyl groups excluding tert-OH is 1. The van der Waals surface area contributed by atoms with Crippen LogP contribution in [0.1, 0.15) is 69.1 Å². The van der Waals surface area contributed by atoms with Crippen LogP contribution in [-0.4, -0.2) is 42.7 Å². The summed E-state index contributed by atoms with van der Waals surface area (Å²) in [5.41, 5.74) is 3.53. The van der Waals surface area contributed by atoms with Crippen molar-refractivity contribution >= 4 is 11.8 Å². The molecule has 1 unspecified atom stereocenters. The predicted molar refractivity (Wildman–Crippen MR) is 163 cm³/mol. The highest BCUT2D eigenvalue weighted by Crippen LogP contribution is 2.19. The topological polar surface area (TPSA) is 113 Å². The van der Waals surface area contributed by atoms with Gasteiger partial charge in [-0.05, 0) is 86.3 Å². The third kappa shape index (κ3) is 8.31. The second-order valence-electron chi connectivity index (χ2n) is 10.5. The molecule has 4 N–H and O–H groups in total. The minimum atomic E-state index is -0.878. The Balaban J connectivity index is 1.46. The highest BCUT2D eigenvalue weighted by molar-refractivity contribution is 6.00. The Morgan fingerprint density at radius 3 is 2.14 bits per heavy atom. The fraction of sp³-hybridized carbons (Fsp3) is 0.294. The Morgan fingerprint density at radius 1 is 0.857 bits per heavy atom. The molecular weight excluding hydrogens is 530 g/mol. The number of carbonyl (C=O) groups is 2. The van der Waals surface area contributed by atoms with E-state index in [0.717, 1.165) is 22.4 Å². The van der Waals surface area contributed by atoms with Gasteiger partial charge in [0.05, 0.1) is 31.6 Å². The van der Waals surface area contributed by atoms with Gasteiger partial charge in [0, 0.05) is 23.7 Å². The molecule has 4 atom stereocenters. The summed E-state index contributed by atoms with van der Waals surface area (Å²) in [6.45, 7) is 5.95. The first-order valence-corrected chi connectivity index (χ1v) is 14.1. The fourth-order valence-electron chi connectivity index (χ4n) is 4.79. The van der Waals surface area contributed by atoms with E-state index in [9.17, 15) is 14.7 Å². The van der Waals surface area contributed by atoms with Crippen LogP contribution in [0.2, 0.25) is 0 Å². The van der Waals surface area contributed by atoms with Gasteiger partial charge in [-0.15, -0.1) is 0 Å². The van der Waals surface area contributed by atoms with Gasteiger partial charge < -0.3 is 30.2 Å². The minimum Gasteiger partial charge on any atom is -0.497 e. The van der Waals surface area contributed by atoms with Crippen LogP contribution < -0.4 is 20.7 Å². The molecular formula is C34H39N3O5. The molecule has 2 amide bonds. The molecule has 0 saturated heterocycles. The number of rotatable bonds is 13. The normalized spacial score (nSPS) is 13.9. The zero-order valence-corrected chi connectivity index (χ0v) is 24.5. The number of methoxy groups -OCH3 is 1. The van der Waals surface area contributed by atoms with Crippen molar-refractivity contribution < 1.29 is 23.8 Å². The number of hydrogen-bond donors (Lipinski definition) is 4. The molecule has 0 fully saturated rings. The molecule has 3 aromatic carbocycles. The van der Waals surface area contributed by atoms with E-state index in [1.807, 2.05) is 75.4 Å². The number of aryl methyl sites for hydroxylation is 1. The smallest absolute Gasteiger partial charge is 0.251 e. The molecule has 1 aromatic heterocycles. The van der Waals surface area contributed by atoms with Gasteiger partial charge in [-0.3, -0.25) is 9.59 Å². The van der Waals surface area contributed by atoms with E-state index in [-0.39, 0.29) is 30.4 Å². The van der Waals surface area contributed by atoms with Crippen molar-refractivity contribution in [3.05, 3.63) is 125 Å².